The molecule has 0 amide bonds. The number of carbonyl (C=O) groups is 1. The largest absolute Gasteiger partial charge is 0.480 e. The van der Waals surface area contributed by atoms with E-state index in [1.807, 2.05) is 0 Å². The second-order valence-electron chi connectivity index (χ2n) is 7.52. The van der Waals surface area contributed by atoms with Gasteiger partial charge in [-0.1, -0.05) is 13.8 Å². The summed E-state index contributed by atoms with van der Waals surface area (Å²) in [4.78, 5) is 14.5. The zero-order valence-corrected chi connectivity index (χ0v) is 12.8. The van der Waals surface area contributed by atoms with Crippen molar-refractivity contribution in [3.63, 3.8) is 0 Å². The lowest BCUT2D eigenvalue weighted by Crippen LogP contribution is -2.62. The van der Waals surface area contributed by atoms with E-state index in [0.717, 1.165) is 32.2 Å². The van der Waals surface area contributed by atoms with Gasteiger partial charge in [0, 0.05) is 25.2 Å². The molecule has 0 spiro atoms. The molecule has 0 aromatic carbocycles. The topological polar surface area (TPSA) is 52.6 Å². The first-order chi connectivity index (χ1) is 9.51. The Morgan fingerprint density at radius 3 is 2.30 bits per heavy atom. The van der Waals surface area contributed by atoms with Crippen molar-refractivity contribution in [2.24, 2.45) is 11.8 Å². The van der Waals surface area contributed by atoms with Crippen LogP contribution in [-0.2, 0) is 4.79 Å². The Morgan fingerprint density at radius 1 is 1.25 bits per heavy atom. The molecule has 114 valence electrons. The van der Waals surface area contributed by atoms with Crippen LogP contribution in [0.5, 0.6) is 0 Å². The van der Waals surface area contributed by atoms with Gasteiger partial charge in [-0.2, -0.15) is 0 Å². The van der Waals surface area contributed by atoms with Crippen molar-refractivity contribution in [3.05, 3.63) is 0 Å². The Labute approximate surface area is 121 Å². The van der Waals surface area contributed by atoms with Crippen molar-refractivity contribution in [3.8, 4) is 0 Å². The number of aliphatic carboxylic acids is 1. The standard InChI is InChI=1S/C16H28N2O2/c1-11(2)9-18(14-7-8-14)10-16(15(19)20,12-3-4-12)17-13-5-6-13/h11-14,17H,3-10H2,1-2H3,(H,19,20). The second kappa shape index (κ2) is 5.30. The first-order valence-electron chi connectivity index (χ1n) is 8.26. The fraction of sp³-hybridized carbons (Fsp3) is 0.938. The van der Waals surface area contributed by atoms with Crippen molar-refractivity contribution in [2.75, 3.05) is 13.1 Å². The number of hydrogen-bond acceptors (Lipinski definition) is 3. The van der Waals surface area contributed by atoms with E-state index in [1.54, 1.807) is 0 Å². The number of rotatable bonds is 9. The van der Waals surface area contributed by atoms with E-state index in [2.05, 4.69) is 24.1 Å². The molecule has 2 N–H and O–H groups in total. The maximum atomic E-state index is 12.0. The van der Waals surface area contributed by atoms with E-state index in [9.17, 15) is 9.90 Å². The van der Waals surface area contributed by atoms with Crippen LogP contribution in [0.3, 0.4) is 0 Å². The van der Waals surface area contributed by atoms with Crippen molar-refractivity contribution in [1.82, 2.24) is 10.2 Å². The molecule has 0 heterocycles. The zero-order chi connectivity index (χ0) is 14.3. The van der Waals surface area contributed by atoms with Crippen LogP contribution < -0.4 is 5.32 Å². The second-order valence-corrected chi connectivity index (χ2v) is 7.52. The highest BCUT2D eigenvalue weighted by Crippen LogP contribution is 2.43. The van der Waals surface area contributed by atoms with Gasteiger partial charge in [0.15, 0.2) is 0 Å². The minimum absolute atomic E-state index is 0.342. The van der Waals surface area contributed by atoms with Gasteiger partial charge in [0.05, 0.1) is 0 Å². The first-order valence-corrected chi connectivity index (χ1v) is 8.26. The van der Waals surface area contributed by atoms with E-state index in [0.29, 0.717) is 30.5 Å². The summed E-state index contributed by atoms with van der Waals surface area (Å²) in [6.07, 6.45) is 6.94. The quantitative estimate of drug-likeness (QED) is 0.679. The normalized spacial score (nSPS) is 26.0. The van der Waals surface area contributed by atoms with Crippen LogP contribution in [0.2, 0.25) is 0 Å². The molecule has 3 aliphatic carbocycles. The number of nitrogens with zero attached hydrogens (tertiary/aromatic N) is 1. The van der Waals surface area contributed by atoms with Gasteiger partial charge in [0.2, 0.25) is 0 Å². The molecule has 3 saturated carbocycles. The number of carboxylic acid groups (broad SMARTS) is 1. The summed E-state index contributed by atoms with van der Waals surface area (Å²) in [7, 11) is 0. The lowest BCUT2D eigenvalue weighted by molar-refractivity contribution is -0.147. The van der Waals surface area contributed by atoms with Crippen molar-refractivity contribution < 1.29 is 9.90 Å². The highest BCUT2D eigenvalue weighted by Gasteiger charge is 2.54. The molecule has 3 fully saturated rings. The maximum absolute atomic E-state index is 12.0. The molecule has 0 aliphatic heterocycles. The van der Waals surface area contributed by atoms with Crippen LogP contribution in [-0.4, -0.2) is 46.7 Å². The summed E-state index contributed by atoms with van der Waals surface area (Å²) in [6.45, 7) is 6.18. The van der Waals surface area contributed by atoms with Gasteiger partial charge in [-0.3, -0.25) is 15.0 Å². The van der Waals surface area contributed by atoms with Crippen molar-refractivity contribution >= 4 is 5.97 Å². The lowest BCUT2D eigenvalue weighted by atomic mass is 9.91. The van der Waals surface area contributed by atoms with E-state index < -0.39 is 11.5 Å². The number of hydrogen-bond donors (Lipinski definition) is 2. The Morgan fingerprint density at radius 2 is 1.90 bits per heavy atom. The molecule has 3 rings (SSSR count). The number of nitrogens with one attached hydrogen (secondary N) is 1. The van der Waals surface area contributed by atoms with Crippen molar-refractivity contribution in [1.29, 1.82) is 0 Å². The van der Waals surface area contributed by atoms with Gasteiger partial charge in [-0.25, -0.2) is 0 Å². The van der Waals surface area contributed by atoms with E-state index >= 15 is 0 Å². The summed E-state index contributed by atoms with van der Waals surface area (Å²) in [5, 5.41) is 13.4. The van der Waals surface area contributed by atoms with E-state index in [-0.39, 0.29) is 0 Å². The average molecular weight is 280 g/mol. The van der Waals surface area contributed by atoms with Crippen molar-refractivity contribution in [2.45, 2.75) is 70.0 Å². The predicted octanol–water partition coefficient (Wildman–Crippen LogP) is 2.09. The minimum atomic E-state index is -0.682. The Balaban J connectivity index is 1.74. The molecule has 20 heavy (non-hydrogen) atoms. The fourth-order valence-corrected chi connectivity index (χ4v) is 3.34. The van der Waals surface area contributed by atoms with Gasteiger partial charge in [-0.15, -0.1) is 0 Å². The highest BCUT2D eigenvalue weighted by molar-refractivity contribution is 5.80. The highest BCUT2D eigenvalue weighted by atomic mass is 16.4. The molecule has 3 aliphatic rings. The summed E-state index contributed by atoms with van der Waals surface area (Å²) < 4.78 is 0. The molecule has 0 bridgehead atoms. The first kappa shape index (κ1) is 14.3. The van der Waals surface area contributed by atoms with Gasteiger partial charge in [0.1, 0.15) is 5.54 Å². The lowest BCUT2D eigenvalue weighted by Gasteiger charge is -2.37. The van der Waals surface area contributed by atoms with Gasteiger partial charge in [-0.05, 0) is 50.4 Å². The number of carboxylic acids is 1. The predicted molar refractivity (Wildman–Crippen MR) is 78.7 cm³/mol. The summed E-state index contributed by atoms with van der Waals surface area (Å²) in [6, 6.07) is 1.09. The van der Waals surface area contributed by atoms with Gasteiger partial charge in [0.25, 0.3) is 0 Å². The zero-order valence-electron chi connectivity index (χ0n) is 12.8. The molecule has 1 unspecified atom stereocenters. The molecule has 4 heteroatoms. The molecule has 0 aromatic rings. The smallest absolute Gasteiger partial charge is 0.325 e. The van der Waals surface area contributed by atoms with Crippen LogP contribution in [0, 0.1) is 11.8 Å². The third-order valence-corrected chi connectivity index (χ3v) is 4.81. The summed E-state index contributed by atoms with van der Waals surface area (Å²) in [5.41, 5.74) is -0.682. The third-order valence-electron chi connectivity index (χ3n) is 4.81. The monoisotopic (exact) mass is 280 g/mol. The third kappa shape index (κ3) is 3.17. The molecule has 0 radical (unpaired) electrons. The average Bonchev–Trinajstić information content (AvgIpc) is 3.25. The van der Waals surface area contributed by atoms with Crippen LogP contribution in [0.4, 0.5) is 0 Å². The SMILES string of the molecule is CC(C)CN(CC(NC1CC1)(C(=O)O)C1CC1)C1CC1. The minimum Gasteiger partial charge on any atom is -0.480 e. The molecule has 0 saturated heterocycles. The summed E-state index contributed by atoms with van der Waals surface area (Å²) in [5.74, 6) is 0.317. The molecule has 1 atom stereocenters. The van der Waals surface area contributed by atoms with Crippen LogP contribution in [0.25, 0.3) is 0 Å². The van der Waals surface area contributed by atoms with E-state index in [4.69, 9.17) is 0 Å². The Hall–Kier alpha value is -0.610. The van der Waals surface area contributed by atoms with Crippen LogP contribution >= 0.6 is 0 Å². The molecular weight excluding hydrogens is 252 g/mol. The van der Waals surface area contributed by atoms with Crippen LogP contribution in [0.1, 0.15) is 52.4 Å². The molecule has 0 aromatic heterocycles. The van der Waals surface area contributed by atoms with E-state index in [1.165, 1.54) is 12.8 Å². The summed E-state index contributed by atoms with van der Waals surface area (Å²) >= 11 is 0. The Kier molecular flexibility index (Phi) is 3.80. The molecular formula is C16H28N2O2. The molecule has 4 nitrogen and oxygen atoms in total. The fourth-order valence-electron chi connectivity index (χ4n) is 3.34. The van der Waals surface area contributed by atoms with Gasteiger partial charge < -0.3 is 5.11 Å². The van der Waals surface area contributed by atoms with Gasteiger partial charge >= 0.3 is 5.97 Å². The van der Waals surface area contributed by atoms with Crippen LogP contribution in [0.15, 0.2) is 0 Å². The maximum Gasteiger partial charge on any atom is 0.325 e. The Bertz CT molecular complexity index is 373.